The lowest BCUT2D eigenvalue weighted by atomic mass is 9.78. The number of nitriles is 1. The number of hydrogen-bond donors (Lipinski definition) is 0. The van der Waals surface area contributed by atoms with Gasteiger partial charge in [-0.3, -0.25) is 10.1 Å². The van der Waals surface area contributed by atoms with E-state index in [-0.39, 0.29) is 16.5 Å². The van der Waals surface area contributed by atoms with Gasteiger partial charge in [0, 0.05) is 11.6 Å². The second-order valence-corrected chi connectivity index (χ2v) is 5.22. The first kappa shape index (κ1) is 13.5. The Hall–Kier alpha value is -1.89. The van der Waals surface area contributed by atoms with Crippen LogP contribution in [0.25, 0.3) is 0 Å². The third-order valence-corrected chi connectivity index (χ3v) is 4.01. The maximum Gasteiger partial charge on any atom is 0.272 e. The zero-order valence-corrected chi connectivity index (χ0v) is 10.9. The fourth-order valence-electron chi connectivity index (χ4n) is 2.95. The normalized spacial score (nSPS) is 17.6. The molecule has 1 aromatic carbocycles. The summed E-state index contributed by atoms with van der Waals surface area (Å²) in [6.45, 7) is 0. The van der Waals surface area contributed by atoms with Crippen LogP contribution >= 0.6 is 0 Å². The van der Waals surface area contributed by atoms with Crippen molar-refractivity contribution < 1.29 is 4.92 Å². The van der Waals surface area contributed by atoms with Crippen LogP contribution in [-0.4, -0.2) is 4.92 Å². The van der Waals surface area contributed by atoms with Crippen molar-refractivity contribution in [2.24, 2.45) is 11.8 Å². The number of rotatable bonds is 4. The molecule has 0 bridgehead atoms. The lowest BCUT2D eigenvalue weighted by Gasteiger charge is -2.25. The molecule has 1 aliphatic carbocycles. The van der Waals surface area contributed by atoms with Gasteiger partial charge in [0.25, 0.3) is 5.69 Å². The van der Waals surface area contributed by atoms with Gasteiger partial charge in [0.05, 0.1) is 16.9 Å². The predicted molar refractivity (Wildman–Crippen MR) is 72.5 cm³/mol. The van der Waals surface area contributed by atoms with E-state index in [2.05, 4.69) is 6.07 Å². The summed E-state index contributed by atoms with van der Waals surface area (Å²) in [7, 11) is 0. The molecule has 1 aliphatic rings. The van der Waals surface area contributed by atoms with Crippen molar-refractivity contribution >= 4 is 5.69 Å². The van der Waals surface area contributed by atoms with Gasteiger partial charge >= 0.3 is 0 Å². The third-order valence-electron chi connectivity index (χ3n) is 4.01. The number of nitrogens with zero attached hydrogens (tertiary/aromatic N) is 2. The van der Waals surface area contributed by atoms with Crippen LogP contribution in [0.3, 0.4) is 0 Å². The highest BCUT2D eigenvalue weighted by Crippen LogP contribution is 2.33. The van der Waals surface area contributed by atoms with Crippen LogP contribution in [0.1, 0.15) is 37.7 Å². The molecule has 1 atom stereocenters. The third kappa shape index (κ3) is 3.31. The fraction of sp³-hybridized carbons (Fsp3) is 0.533. The molecule has 0 saturated heterocycles. The number of nitro benzene ring substituents is 1. The molecule has 2 rings (SSSR count). The zero-order valence-electron chi connectivity index (χ0n) is 10.9. The second-order valence-electron chi connectivity index (χ2n) is 5.22. The van der Waals surface area contributed by atoms with E-state index in [0.29, 0.717) is 17.9 Å². The van der Waals surface area contributed by atoms with E-state index in [1.807, 2.05) is 0 Å². The number of para-hydroxylation sites is 1. The van der Waals surface area contributed by atoms with Gasteiger partial charge in [0.2, 0.25) is 0 Å². The largest absolute Gasteiger partial charge is 0.272 e. The summed E-state index contributed by atoms with van der Waals surface area (Å²) < 4.78 is 0. The molecule has 1 saturated carbocycles. The molecular formula is C15H18N2O2. The average molecular weight is 258 g/mol. The van der Waals surface area contributed by atoms with Crippen molar-refractivity contribution in [3.63, 3.8) is 0 Å². The van der Waals surface area contributed by atoms with E-state index in [1.54, 1.807) is 18.2 Å². The van der Waals surface area contributed by atoms with Crippen molar-refractivity contribution in [2.45, 2.75) is 38.5 Å². The van der Waals surface area contributed by atoms with E-state index in [0.717, 1.165) is 12.8 Å². The molecular weight excluding hydrogens is 240 g/mol. The molecule has 1 unspecified atom stereocenters. The van der Waals surface area contributed by atoms with Gasteiger partial charge in [-0.15, -0.1) is 0 Å². The Morgan fingerprint density at radius 1 is 1.32 bits per heavy atom. The zero-order chi connectivity index (χ0) is 13.7. The van der Waals surface area contributed by atoms with Crippen molar-refractivity contribution in [2.75, 3.05) is 0 Å². The van der Waals surface area contributed by atoms with Crippen LogP contribution in [0.4, 0.5) is 5.69 Å². The summed E-state index contributed by atoms with van der Waals surface area (Å²) in [5.74, 6) is 0.306. The van der Waals surface area contributed by atoms with Gasteiger partial charge < -0.3 is 0 Å². The quantitative estimate of drug-likeness (QED) is 0.608. The number of benzene rings is 1. The number of hydrogen-bond acceptors (Lipinski definition) is 3. The molecule has 1 aromatic rings. The minimum atomic E-state index is -0.357. The molecule has 0 amide bonds. The summed E-state index contributed by atoms with van der Waals surface area (Å²) >= 11 is 0. The molecule has 0 heterocycles. The van der Waals surface area contributed by atoms with Gasteiger partial charge in [0.15, 0.2) is 0 Å². The summed E-state index contributed by atoms with van der Waals surface area (Å²) in [5.41, 5.74) is 0.822. The highest BCUT2D eigenvalue weighted by molar-refractivity contribution is 5.40. The summed E-state index contributed by atoms with van der Waals surface area (Å²) in [4.78, 5) is 10.6. The second kappa shape index (κ2) is 6.33. The van der Waals surface area contributed by atoms with Crippen molar-refractivity contribution in [1.29, 1.82) is 5.26 Å². The lowest BCUT2D eigenvalue weighted by molar-refractivity contribution is -0.385. The Labute approximate surface area is 113 Å². The van der Waals surface area contributed by atoms with Gasteiger partial charge in [-0.2, -0.15) is 5.26 Å². The summed E-state index contributed by atoms with van der Waals surface area (Å²) in [6, 6.07) is 9.12. The maximum atomic E-state index is 11.0. The lowest BCUT2D eigenvalue weighted by Crippen LogP contribution is -2.19. The smallest absolute Gasteiger partial charge is 0.258 e. The summed E-state index contributed by atoms with van der Waals surface area (Å²) in [6.07, 6.45) is 6.27. The molecule has 1 fully saturated rings. The van der Waals surface area contributed by atoms with Crippen LogP contribution in [-0.2, 0) is 6.42 Å². The van der Waals surface area contributed by atoms with Crippen LogP contribution in [0.5, 0.6) is 0 Å². The van der Waals surface area contributed by atoms with E-state index in [4.69, 9.17) is 0 Å². The number of nitro groups is 1. The van der Waals surface area contributed by atoms with E-state index >= 15 is 0 Å². The molecule has 0 aliphatic heterocycles. The first-order chi connectivity index (χ1) is 9.22. The standard InChI is InChI=1S/C15H18N2O2/c16-11-14(12-6-2-1-3-7-12)10-13-8-4-5-9-15(13)17(18)19/h4-5,8-9,12,14H,1-3,6-7,10H2. The van der Waals surface area contributed by atoms with E-state index in [9.17, 15) is 15.4 Å². The molecule has 4 nitrogen and oxygen atoms in total. The minimum absolute atomic E-state index is 0.0959. The Bertz CT molecular complexity index is 487. The molecule has 0 aromatic heterocycles. The van der Waals surface area contributed by atoms with Crippen LogP contribution < -0.4 is 0 Å². The topological polar surface area (TPSA) is 66.9 Å². The first-order valence-electron chi connectivity index (χ1n) is 6.84. The van der Waals surface area contributed by atoms with E-state index < -0.39 is 0 Å². The highest BCUT2D eigenvalue weighted by Gasteiger charge is 2.26. The van der Waals surface area contributed by atoms with Crippen LogP contribution in [0.15, 0.2) is 24.3 Å². The van der Waals surface area contributed by atoms with Gasteiger partial charge in [-0.25, -0.2) is 0 Å². The molecule has 0 N–H and O–H groups in total. The van der Waals surface area contributed by atoms with E-state index in [1.165, 1.54) is 25.3 Å². The van der Waals surface area contributed by atoms with Crippen molar-refractivity contribution in [3.05, 3.63) is 39.9 Å². The molecule has 19 heavy (non-hydrogen) atoms. The average Bonchev–Trinajstić information content (AvgIpc) is 2.46. The van der Waals surface area contributed by atoms with Crippen molar-refractivity contribution in [1.82, 2.24) is 0 Å². The highest BCUT2D eigenvalue weighted by atomic mass is 16.6. The van der Waals surface area contributed by atoms with Crippen molar-refractivity contribution in [3.8, 4) is 6.07 Å². The SMILES string of the molecule is N#CC(Cc1ccccc1[N+](=O)[O-])C1CCCCC1. The Morgan fingerprint density at radius 2 is 2.00 bits per heavy atom. The summed E-state index contributed by atoms with van der Waals surface area (Å²) in [5, 5.41) is 20.3. The van der Waals surface area contributed by atoms with Gasteiger partial charge in [0.1, 0.15) is 0 Å². The fourth-order valence-corrected chi connectivity index (χ4v) is 2.95. The molecule has 0 spiro atoms. The maximum absolute atomic E-state index is 11.0. The predicted octanol–water partition coefficient (Wildman–Crippen LogP) is 3.86. The molecule has 100 valence electrons. The molecule has 4 heteroatoms. The Kier molecular flexibility index (Phi) is 4.51. The first-order valence-corrected chi connectivity index (χ1v) is 6.84. The molecule has 0 radical (unpaired) electrons. The monoisotopic (exact) mass is 258 g/mol. The Balaban J connectivity index is 2.14. The van der Waals surface area contributed by atoms with Crippen LogP contribution in [0.2, 0.25) is 0 Å². The van der Waals surface area contributed by atoms with Crippen LogP contribution in [0, 0.1) is 33.3 Å². The van der Waals surface area contributed by atoms with Gasteiger partial charge in [-0.1, -0.05) is 37.5 Å². The van der Waals surface area contributed by atoms with Gasteiger partial charge in [-0.05, 0) is 25.2 Å². The Morgan fingerprint density at radius 3 is 2.63 bits per heavy atom. The minimum Gasteiger partial charge on any atom is -0.258 e.